The van der Waals surface area contributed by atoms with Gasteiger partial charge in [-0.15, -0.1) is 0 Å². The molecule has 0 bridgehead atoms. The number of carboxylic acids is 1. The van der Waals surface area contributed by atoms with Crippen molar-refractivity contribution < 1.29 is 14.6 Å². The largest absolute Gasteiger partial charge is 0.481 e. The van der Waals surface area contributed by atoms with Crippen LogP contribution in [-0.2, 0) is 9.53 Å². The first kappa shape index (κ1) is 11.9. The van der Waals surface area contributed by atoms with Crippen molar-refractivity contribution in [3.63, 3.8) is 0 Å². The van der Waals surface area contributed by atoms with E-state index in [1.165, 1.54) is 32.1 Å². The molecule has 0 amide bonds. The summed E-state index contributed by atoms with van der Waals surface area (Å²) in [7, 11) is 0. The number of rotatable bonds is 3. The highest BCUT2D eigenvalue weighted by atomic mass is 16.5. The normalized spacial score (nSPS) is 32.5. The van der Waals surface area contributed by atoms with Gasteiger partial charge in [-0.1, -0.05) is 19.3 Å². The van der Waals surface area contributed by atoms with Crippen LogP contribution in [0.2, 0.25) is 0 Å². The first-order valence-electron chi connectivity index (χ1n) is 6.64. The Morgan fingerprint density at radius 2 is 1.44 bits per heavy atom. The van der Waals surface area contributed by atoms with Gasteiger partial charge in [0.2, 0.25) is 0 Å². The molecule has 0 spiro atoms. The Bertz CT molecular complexity index is 225. The third kappa shape index (κ3) is 3.21. The fourth-order valence-electron chi connectivity index (χ4n) is 2.92. The van der Waals surface area contributed by atoms with Crippen molar-refractivity contribution in [3.8, 4) is 0 Å². The second-order valence-electron chi connectivity index (χ2n) is 5.21. The molecule has 0 atom stereocenters. The van der Waals surface area contributed by atoms with E-state index in [1.54, 1.807) is 0 Å². The monoisotopic (exact) mass is 226 g/mol. The van der Waals surface area contributed by atoms with Crippen molar-refractivity contribution in [2.24, 2.45) is 5.92 Å². The number of hydrogen-bond donors (Lipinski definition) is 1. The maximum absolute atomic E-state index is 10.8. The van der Waals surface area contributed by atoms with Crippen LogP contribution in [0.15, 0.2) is 0 Å². The van der Waals surface area contributed by atoms with E-state index in [-0.39, 0.29) is 5.92 Å². The van der Waals surface area contributed by atoms with Crippen LogP contribution in [0.25, 0.3) is 0 Å². The topological polar surface area (TPSA) is 46.5 Å². The highest BCUT2D eigenvalue weighted by molar-refractivity contribution is 5.70. The lowest BCUT2D eigenvalue weighted by molar-refractivity contribution is -0.144. The Balaban J connectivity index is 1.70. The average Bonchev–Trinajstić information content (AvgIpc) is 2.31. The standard InChI is InChI=1S/C13H22O3/c14-13(15)10-6-8-12(9-7-10)16-11-4-2-1-3-5-11/h10-12H,1-9H2,(H,14,15). The first-order valence-corrected chi connectivity index (χ1v) is 6.64. The van der Waals surface area contributed by atoms with E-state index >= 15 is 0 Å². The Morgan fingerprint density at radius 3 is 2.00 bits per heavy atom. The number of hydrogen-bond acceptors (Lipinski definition) is 2. The summed E-state index contributed by atoms with van der Waals surface area (Å²) in [5, 5.41) is 8.91. The van der Waals surface area contributed by atoms with E-state index < -0.39 is 5.97 Å². The van der Waals surface area contributed by atoms with Gasteiger partial charge < -0.3 is 9.84 Å². The molecule has 2 fully saturated rings. The molecule has 2 saturated carbocycles. The van der Waals surface area contributed by atoms with Crippen LogP contribution in [0.4, 0.5) is 0 Å². The quantitative estimate of drug-likeness (QED) is 0.804. The molecule has 2 rings (SSSR count). The molecular formula is C13H22O3. The minimum atomic E-state index is -0.629. The van der Waals surface area contributed by atoms with Crippen molar-refractivity contribution >= 4 is 5.97 Å². The summed E-state index contributed by atoms with van der Waals surface area (Å²) in [5.74, 6) is -0.748. The molecule has 92 valence electrons. The molecular weight excluding hydrogens is 204 g/mol. The molecule has 3 nitrogen and oxygen atoms in total. The summed E-state index contributed by atoms with van der Waals surface area (Å²) in [4.78, 5) is 10.8. The third-order valence-electron chi connectivity index (χ3n) is 3.96. The van der Waals surface area contributed by atoms with Gasteiger partial charge >= 0.3 is 5.97 Å². The van der Waals surface area contributed by atoms with Crippen LogP contribution in [0.1, 0.15) is 57.8 Å². The summed E-state index contributed by atoms with van der Waals surface area (Å²) in [6, 6.07) is 0. The van der Waals surface area contributed by atoms with Gasteiger partial charge in [0.15, 0.2) is 0 Å². The van der Waals surface area contributed by atoms with Crippen LogP contribution in [0.5, 0.6) is 0 Å². The minimum absolute atomic E-state index is 0.119. The van der Waals surface area contributed by atoms with Gasteiger partial charge in [-0.05, 0) is 38.5 Å². The maximum atomic E-state index is 10.8. The molecule has 1 N–H and O–H groups in total. The van der Waals surface area contributed by atoms with Gasteiger partial charge in [0.05, 0.1) is 18.1 Å². The molecule has 0 aromatic heterocycles. The molecule has 2 aliphatic carbocycles. The molecule has 0 saturated heterocycles. The fourth-order valence-corrected chi connectivity index (χ4v) is 2.92. The van der Waals surface area contributed by atoms with Crippen LogP contribution >= 0.6 is 0 Å². The second-order valence-corrected chi connectivity index (χ2v) is 5.21. The molecule has 0 heterocycles. The Morgan fingerprint density at radius 1 is 0.875 bits per heavy atom. The lowest BCUT2D eigenvalue weighted by atomic mass is 9.87. The number of carbonyl (C=O) groups is 1. The fraction of sp³-hybridized carbons (Fsp3) is 0.923. The smallest absolute Gasteiger partial charge is 0.306 e. The zero-order valence-corrected chi connectivity index (χ0v) is 9.86. The number of carboxylic acid groups (broad SMARTS) is 1. The second kappa shape index (κ2) is 5.67. The van der Waals surface area contributed by atoms with Crippen LogP contribution < -0.4 is 0 Å². The molecule has 0 unspecified atom stereocenters. The zero-order chi connectivity index (χ0) is 11.4. The summed E-state index contributed by atoms with van der Waals surface area (Å²) in [5.41, 5.74) is 0. The van der Waals surface area contributed by atoms with Gasteiger partial charge in [-0.3, -0.25) is 4.79 Å². The van der Waals surface area contributed by atoms with Crippen molar-refractivity contribution in [2.75, 3.05) is 0 Å². The predicted octanol–water partition coefficient (Wildman–Crippen LogP) is 2.98. The summed E-state index contributed by atoms with van der Waals surface area (Å²) >= 11 is 0. The lowest BCUT2D eigenvalue weighted by Crippen LogP contribution is -2.30. The van der Waals surface area contributed by atoms with Crippen LogP contribution in [0.3, 0.4) is 0 Å². The summed E-state index contributed by atoms with van der Waals surface area (Å²) in [6.07, 6.45) is 10.6. The van der Waals surface area contributed by atoms with E-state index in [9.17, 15) is 4.79 Å². The molecule has 0 radical (unpaired) electrons. The summed E-state index contributed by atoms with van der Waals surface area (Å²) < 4.78 is 6.07. The van der Waals surface area contributed by atoms with E-state index in [0.717, 1.165) is 25.7 Å². The van der Waals surface area contributed by atoms with E-state index in [1.807, 2.05) is 0 Å². The Labute approximate surface area is 97.2 Å². The average molecular weight is 226 g/mol. The van der Waals surface area contributed by atoms with Gasteiger partial charge in [-0.25, -0.2) is 0 Å². The van der Waals surface area contributed by atoms with E-state index in [2.05, 4.69) is 0 Å². The number of ether oxygens (including phenoxy) is 1. The highest BCUT2D eigenvalue weighted by Crippen LogP contribution is 2.30. The molecule has 0 aromatic carbocycles. The van der Waals surface area contributed by atoms with Gasteiger partial charge in [0.1, 0.15) is 0 Å². The first-order chi connectivity index (χ1) is 7.75. The Kier molecular flexibility index (Phi) is 4.22. The van der Waals surface area contributed by atoms with Crippen LogP contribution in [-0.4, -0.2) is 23.3 Å². The lowest BCUT2D eigenvalue weighted by Gasteiger charge is -2.31. The minimum Gasteiger partial charge on any atom is -0.481 e. The number of aliphatic carboxylic acids is 1. The molecule has 0 aromatic rings. The van der Waals surface area contributed by atoms with Gasteiger partial charge in [-0.2, -0.15) is 0 Å². The SMILES string of the molecule is O=C(O)C1CCC(OC2CCCCC2)CC1. The Hall–Kier alpha value is -0.570. The van der Waals surface area contributed by atoms with Gasteiger partial charge in [0, 0.05) is 0 Å². The zero-order valence-electron chi connectivity index (χ0n) is 9.86. The predicted molar refractivity (Wildman–Crippen MR) is 61.3 cm³/mol. The van der Waals surface area contributed by atoms with Crippen molar-refractivity contribution in [1.29, 1.82) is 0 Å². The van der Waals surface area contributed by atoms with Crippen molar-refractivity contribution in [3.05, 3.63) is 0 Å². The highest BCUT2D eigenvalue weighted by Gasteiger charge is 2.28. The molecule has 2 aliphatic rings. The summed E-state index contributed by atoms with van der Waals surface area (Å²) in [6.45, 7) is 0. The van der Waals surface area contributed by atoms with E-state index in [4.69, 9.17) is 9.84 Å². The maximum Gasteiger partial charge on any atom is 0.306 e. The van der Waals surface area contributed by atoms with E-state index in [0.29, 0.717) is 12.2 Å². The van der Waals surface area contributed by atoms with Crippen LogP contribution in [0, 0.1) is 5.92 Å². The third-order valence-corrected chi connectivity index (χ3v) is 3.96. The van der Waals surface area contributed by atoms with Gasteiger partial charge in [0.25, 0.3) is 0 Å². The molecule has 0 aliphatic heterocycles. The molecule has 3 heteroatoms. The molecule has 16 heavy (non-hydrogen) atoms. The van der Waals surface area contributed by atoms with Crippen molar-refractivity contribution in [1.82, 2.24) is 0 Å². The van der Waals surface area contributed by atoms with Crippen molar-refractivity contribution in [2.45, 2.75) is 70.0 Å².